The molecule has 0 radical (unpaired) electrons. The molecule has 1 aliphatic heterocycles. The first kappa shape index (κ1) is 20.4. The van der Waals surface area contributed by atoms with Gasteiger partial charge in [-0.25, -0.2) is 4.39 Å². The molecule has 2 aromatic carbocycles. The van der Waals surface area contributed by atoms with Crippen LogP contribution in [0.5, 0.6) is 0 Å². The van der Waals surface area contributed by atoms with Crippen molar-refractivity contribution in [2.75, 3.05) is 31.1 Å². The summed E-state index contributed by atoms with van der Waals surface area (Å²) >= 11 is 0. The van der Waals surface area contributed by atoms with Gasteiger partial charge in [0.2, 0.25) is 0 Å². The fourth-order valence-corrected chi connectivity index (χ4v) is 4.56. The molecule has 5 rings (SSSR count). The zero-order valence-electron chi connectivity index (χ0n) is 18.3. The topological polar surface area (TPSA) is 41.6 Å². The summed E-state index contributed by atoms with van der Waals surface area (Å²) in [6.45, 7) is 7.29. The average molecular weight is 432 g/mol. The Morgan fingerprint density at radius 3 is 2.50 bits per heavy atom. The molecule has 2 aromatic heterocycles. The summed E-state index contributed by atoms with van der Waals surface area (Å²) in [7, 11) is 0. The Bertz CT molecular complexity index is 1280. The molecule has 0 N–H and O–H groups in total. The van der Waals surface area contributed by atoms with Crippen molar-refractivity contribution in [1.82, 2.24) is 9.47 Å². The Kier molecular flexibility index (Phi) is 5.21. The van der Waals surface area contributed by atoms with Crippen LogP contribution in [0.25, 0.3) is 11.1 Å². The second-order valence-electron chi connectivity index (χ2n) is 8.42. The Morgan fingerprint density at radius 2 is 1.75 bits per heavy atom. The molecular weight excluding hydrogens is 405 g/mol. The third-order valence-electron chi connectivity index (χ3n) is 6.18. The van der Waals surface area contributed by atoms with E-state index in [1.54, 1.807) is 6.07 Å². The molecule has 0 saturated carbocycles. The zero-order chi connectivity index (χ0) is 22.2. The molecule has 0 spiro atoms. The third-order valence-corrected chi connectivity index (χ3v) is 6.18. The quantitative estimate of drug-likeness (QED) is 0.457. The standard InChI is InChI=1S/C26H26FN3O2/c1-18-6-3-4-9-22(18)28-10-12-29(13-11-28)26(31)24-16-25-23(14-19(2)32-25)30(24)17-20-7-5-8-21(27)15-20/h3-9,14-16H,10-13,17H2,1-2H3. The van der Waals surface area contributed by atoms with Crippen LogP contribution in [-0.4, -0.2) is 41.6 Å². The van der Waals surface area contributed by atoms with E-state index in [2.05, 4.69) is 30.0 Å². The number of halogens is 1. The largest absolute Gasteiger partial charge is 0.460 e. The molecule has 4 aromatic rings. The highest BCUT2D eigenvalue weighted by Crippen LogP contribution is 2.27. The SMILES string of the molecule is Cc1cc2c(cc(C(=O)N3CCN(c4ccccc4C)CC3)n2Cc2cccc(F)c2)o1. The molecule has 164 valence electrons. The number of furan rings is 1. The zero-order valence-corrected chi connectivity index (χ0v) is 18.3. The third kappa shape index (κ3) is 3.77. The minimum Gasteiger partial charge on any atom is -0.460 e. The molecule has 0 aliphatic carbocycles. The molecule has 1 fully saturated rings. The first-order valence-corrected chi connectivity index (χ1v) is 10.9. The lowest BCUT2D eigenvalue weighted by Crippen LogP contribution is -2.49. The van der Waals surface area contributed by atoms with E-state index in [-0.39, 0.29) is 11.7 Å². The Morgan fingerprint density at radius 1 is 0.969 bits per heavy atom. The Hall–Kier alpha value is -3.54. The molecule has 0 bridgehead atoms. The van der Waals surface area contributed by atoms with Crippen LogP contribution >= 0.6 is 0 Å². The predicted octanol–water partition coefficient (Wildman–Crippen LogP) is 5.00. The number of rotatable bonds is 4. The summed E-state index contributed by atoms with van der Waals surface area (Å²) in [6, 6.07) is 18.6. The monoisotopic (exact) mass is 431 g/mol. The first-order chi connectivity index (χ1) is 15.5. The molecule has 6 heteroatoms. The number of aryl methyl sites for hydroxylation is 2. The van der Waals surface area contributed by atoms with Crippen LogP contribution in [0.1, 0.15) is 27.4 Å². The van der Waals surface area contributed by atoms with E-state index >= 15 is 0 Å². The van der Waals surface area contributed by atoms with Gasteiger partial charge in [-0.15, -0.1) is 0 Å². The van der Waals surface area contributed by atoms with Gasteiger partial charge in [-0.2, -0.15) is 0 Å². The lowest BCUT2D eigenvalue weighted by molar-refractivity contribution is 0.0737. The number of fused-ring (bicyclic) bond motifs is 1. The second-order valence-corrected chi connectivity index (χ2v) is 8.42. The molecule has 32 heavy (non-hydrogen) atoms. The maximum Gasteiger partial charge on any atom is 0.270 e. The summed E-state index contributed by atoms with van der Waals surface area (Å²) in [5, 5.41) is 0. The van der Waals surface area contributed by atoms with Crippen molar-refractivity contribution in [1.29, 1.82) is 0 Å². The van der Waals surface area contributed by atoms with Gasteiger partial charge in [0, 0.05) is 50.5 Å². The lowest BCUT2D eigenvalue weighted by Gasteiger charge is -2.37. The van der Waals surface area contributed by atoms with Crippen LogP contribution < -0.4 is 4.90 Å². The maximum atomic E-state index is 13.8. The van der Waals surface area contributed by atoms with Gasteiger partial charge in [-0.1, -0.05) is 30.3 Å². The first-order valence-electron chi connectivity index (χ1n) is 10.9. The number of hydrogen-bond acceptors (Lipinski definition) is 3. The minimum atomic E-state index is -0.283. The second kappa shape index (κ2) is 8.19. The average Bonchev–Trinajstić information content (AvgIpc) is 3.31. The number of anilines is 1. The summed E-state index contributed by atoms with van der Waals surface area (Å²) < 4.78 is 21.5. The molecule has 1 saturated heterocycles. The van der Waals surface area contributed by atoms with E-state index in [1.165, 1.54) is 23.4 Å². The van der Waals surface area contributed by atoms with Crippen LogP contribution in [-0.2, 0) is 6.54 Å². The number of amides is 1. The van der Waals surface area contributed by atoms with Gasteiger partial charge in [0.25, 0.3) is 5.91 Å². The highest BCUT2D eigenvalue weighted by atomic mass is 19.1. The Balaban J connectivity index is 1.40. The summed E-state index contributed by atoms with van der Waals surface area (Å²) in [4.78, 5) is 17.7. The van der Waals surface area contributed by atoms with Gasteiger partial charge in [0.15, 0.2) is 5.58 Å². The molecule has 3 heterocycles. The number of carbonyl (C=O) groups excluding carboxylic acids is 1. The van der Waals surface area contributed by atoms with Gasteiger partial charge in [0.05, 0.1) is 5.52 Å². The van der Waals surface area contributed by atoms with Crippen molar-refractivity contribution < 1.29 is 13.6 Å². The molecule has 5 nitrogen and oxygen atoms in total. The van der Waals surface area contributed by atoms with Crippen molar-refractivity contribution >= 4 is 22.7 Å². The molecule has 1 amide bonds. The van der Waals surface area contributed by atoms with Crippen LogP contribution in [0.3, 0.4) is 0 Å². The fourth-order valence-electron chi connectivity index (χ4n) is 4.56. The smallest absolute Gasteiger partial charge is 0.270 e. The number of para-hydroxylation sites is 1. The normalized spacial score (nSPS) is 14.3. The van der Waals surface area contributed by atoms with Crippen LogP contribution in [0.4, 0.5) is 10.1 Å². The predicted molar refractivity (Wildman–Crippen MR) is 124 cm³/mol. The maximum absolute atomic E-state index is 13.8. The van der Waals surface area contributed by atoms with E-state index in [0.29, 0.717) is 30.9 Å². The number of piperazine rings is 1. The van der Waals surface area contributed by atoms with E-state index < -0.39 is 0 Å². The molecule has 1 aliphatic rings. The van der Waals surface area contributed by atoms with Gasteiger partial charge in [-0.3, -0.25) is 4.79 Å². The highest BCUT2D eigenvalue weighted by Gasteiger charge is 2.27. The van der Waals surface area contributed by atoms with Gasteiger partial charge in [-0.05, 0) is 43.2 Å². The number of hydrogen-bond donors (Lipinski definition) is 0. The van der Waals surface area contributed by atoms with Crippen molar-refractivity contribution in [3.63, 3.8) is 0 Å². The number of benzene rings is 2. The molecule has 0 unspecified atom stereocenters. The van der Waals surface area contributed by atoms with Crippen LogP contribution in [0.2, 0.25) is 0 Å². The minimum absolute atomic E-state index is 0.0186. The lowest BCUT2D eigenvalue weighted by atomic mass is 10.1. The number of nitrogens with zero attached hydrogens (tertiary/aromatic N) is 3. The van der Waals surface area contributed by atoms with Crippen LogP contribution in [0.15, 0.2) is 65.1 Å². The van der Waals surface area contributed by atoms with Crippen molar-refractivity contribution in [3.05, 3.63) is 89.1 Å². The van der Waals surface area contributed by atoms with E-state index in [9.17, 15) is 9.18 Å². The van der Waals surface area contributed by atoms with Gasteiger partial charge < -0.3 is 18.8 Å². The summed E-state index contributed by atoms with van der Waals surface area (Å²) in [5.74, 6) is 0.484. The summed E-state index contributed by atoms with van der Waals surface area (Å²) in [6.07, 6.45) is 0. The van der Waals surface area contributed by atoms with E-state index in [4.69, 9.17) is 4.42 Å². The highest BCUT2D eigenvalue weighted by molar-refractivity contribution is 5.98. The fraction of sp³-hybridized carbons (Fsp3) is 0.269. The summed E-state index contributed by atoms with van der Waals surface area (Å²) in [5.41, 5.74) is 5.38. The van der Waals surface area contributed by atoms with Gasteiger partial charge >= 0.3 is 0 Å². The van der Waals surface area contributed by atoms with Gasteiger partial charge in [0.1, 0.15) is 17.3 Å². The molecular formula is C26H26FN3O2. The van der Waals surface area contributed by atoms with Crippen molar-refractivity contribution in [2.24, 2.45) is 0 Å². The van der Waals surface area contributed by atoms with Crippen molar-refractivity contribution in [2.45, 2.75) is 20.4 Å². The number of aromatic nitrogens is 1. The Labute approximate surface area is 186 Å². The van der Waals surface area contributed by atoms with E-state index in [1.807, 2.05) is 40.7 Å². The van der Waals surface area contributed by atoms with E-state index in [0.717, 1.165) is 29.9 Å². The van der Waals surface area contributed by atoms with Crippen molar-refractivity contribution in [3.8, 4) is 0 Å². The molecule has 0 atom stereocenters. The number of carbonyl (C=O) groups is 1. The van der Waals surface area contributed by atoms with Crippen LogP contribution in [0, 0.1) is 19.7 Å².